The summed E-state index contributed by atoms with van der Waals surface area (Å²) in [5, 5.41) is 2.95. The number of aromatic nitrogens is 1. The molecule has 0 saturated carbocycles. The monoisotopic (exact) mass is 375 g/mol. The van der Waals surface area contributed by atoms with E-state index in [2.05, 4.69) is 26.0 Å². The van der Waals surface area contributed by atoms with Gasteiger partial charge >= 0.3 is 0 Å². The third kappa shape index (κ3) is 3.63. The highest BCUT2D eigenvalue weighted by atomic mass is 79.9. The molecule has 0 aliphatic carbocycles. The third-order valence-electron chi connectivity index (χ3n) is 2.93. The zero-order chi connectivity index (χ0) is 15.6. The van der Waals surface area contributed by atoms with Crippen molar-refractivity contribution in [2.75, 3.05) is 11.8 Å². The summed E-state index contributed by atoms with van der Waals surface area (Å²) >= 11 is 3.12. The fraction of sp³-hybridized carbons (Fsp3) is 0.231. The Balaban J connectivity index is 2.32. The van der Waals surface area contributed by atoms with Gasteiger partial charge in [0, 0.05) is 30.0 Å². The van der Waals surface area contributed by atoms with Gasteiger partial charge in [0.25, 0.3) is 10.0 Å². The Bertz CT molecular complexity index is 759. The van der Waals surface area contributed by atoms with Crippen LogP contribution in [0.2, 0.25) is 0 Å². The van der Waals surface area contributed by atoms with Crippen molar-refractivity contribution in [1.82, 2.24) is 9.88 Å². The van der Waals surface area contributed by atoms with Gasteiger partial charge in [-0.15, -0.1) is 0 Å². The maximum absolute atomic E-state index is 13.7. The van der Waals surface area contributed by atoms with Crippen molar-refractivity contribution >= 4 is 31.6 Å². The second-order valence-electron chi connectivity index (χ2n) is 4.54. The summed E-state index contributed by atoms with van der Waals surface area (Å²) in [6.07, 6.45) is 1.49. The van der Waals surface area contributed by atoms with Crippen molar-refractivity contribution in [3.05, 3.63) is 46.4 Å². The second kappa shape index (κ2) is 6.17. The van der Waals surface area contributed by atoms with E-state index in [1.807, 2.05) is 0 Å². The summed E-state index contributed by atoms with van der Waals surface area (Å²) in [6, 6.07) is 5.69. The highest BCUT2D eigenvalue weighted by Crippen LogP contribution is 2.23. The normalized spacial score (nSPS) is 11.6. The van der Waals surface area contributed by atoms with Crippen LogP contribution in [0.4, 0.5) is 10.1 Å². The van der Waals surface area contributed by atoms with Gasteiger partial charge in [-0.3, -0.25) is 4.72 Å². The summed E-state index contributed by atoms with van der Waals surface area (Å²) < 4.78 is 42.8. The maximum Gasteiger partial charge on any atom is 0.263 e. The first-order valence-electron chi connectivity index (χ1n) is 6.11. The van der Waals surface area contributed by atoms with Crippen molar-refractivity contribution in [2.45, 2.75) is 11.4 Å². The van der Waals surface area contributed by atoms with Gasteiger partial charge in [-0.05, 0) is 31.3 Å². The van der Waals surface area contributed by atoms with Crippen LogP contribution in [0.5, 0.6) is 0 Å². The summed E-state index contributed by atoms with van der Waals surface area (Å²) in [7, 11) is -0.292. The van der Waals surface area contributed by atoms with E-state index in [4.69, 9.17) is 0 Å². The molecule has 0 amide bonds. The summed E-state index contributed by atoms with van der Waals surface area (Å²) in [5.41, 5.74) is 0.728. The predicted octanol–water partition coefficient (Wildman–Crippen LogP) is 2.45. The van der Waals surface area contributed by atoms with E-state index < -0.39 is 15.8 Å². The molecule has 8 heteroatoms. The second-order valence-corrected chi connectivity index (χ2v) is 7.14. The summed E-state index contributed by atoms with van der Waals surface area (Å²) in [5.74, 6) is -0.640. The van der Waals surface area contributed by atoms with Crippen molar-refractivity contribution in [1.29, 1.82) is 0 Å². The molecule has 2 rings (SSSR count). The van der Waals surface area contributed by atoms with E-state index in [0.717, 1.165) is 5.69 Å². The Labute approximate surface area is 131 Å². The molecule has 1 aromatic heterocycles. The lowest BCUT2D eigenvalue weighted by atomic mass is 10.3. The van der Waals surface area contributed by atoms with E-state index in [-0.39, 0.29) is 10.6 Å². The zero-order valence-corrected chi connectivity index (χ0v) is 13.9. The SMILES string of the molecule is CNCc1cc(S(=O)(=O)Nc2ccc(Br)cc2F)cn1C. The number of hydrogen-bond acceptors (Lipinski definition) is 3. The molecule has 21 heavy (non-hydrogen) atoms. The number of anilines is 1. The molecule has 2 N–H and O–H groups in total. The minimum Gasteiger partial charge on any atom is -0.352 e. The molecule has 0 unspecified atom stereocenters. The van der Waals surface area contributed by atoms with Crippen molar-refractivity contribution in [2.24, 2.45) is 7.05 Å². The highest BCUT2D eigenvalue weighted by Gasteiger charge is 2.19. The number of aryl methyl sites for hydroxylation is 1. The van der Waals surface area contributed by atoms with Gasteiger partial charge in [0.15, 0.2) is 0 Å². The molecular weight excluding hydrogens is 361 g/mol. The molecule has 0 aliphatic heterocycles. The Morgan fingerprint density at radius 3 is 2.67 bits per heavy atom. The topological polar surface area (TPSA) is 63.1 Å². The van der Waals surface area contributed by atoms with Gasteiger partial charge in [0.2, 0.25) is 0 Å². The van der Waals surface area contributed by atoms with E-state index in [0.29, 0.717) is 11.0 Å². The van der Waals surface area contributed by atoms with Crippen LogP contribution in [0.1, 0.15) is 5.69 Å². The van der Waals surface area contributed by atoms with Crippen LogP contribution in [-0.2, 0) is 23.6 Å². The van der Waals surface area contributed by atoms with Gasteiger partial charge in [0.1, 0.15) is 10.7 Å². The molecule has 1 aromatic carbocycles. The molecular formula is C13H15BrFN3O2S. The average molecular weight is 376 g/mol. The molecule has 5 nitrogen and oxygen atoms in total. The van der Waals surface area contributed by atoms with Gasteiger partial charge in [0.05, 0.1) is 5.69 Å². The van der Waals surface area contributed by atoms with Crippen molar-refractivity contribution in [3.63, 3.8) is 0 Å². The van der Waals surface area contributed by atoms with Crippen LogP contribution in [-0.4, -0.2) is 20.0 Å². The Morgan fingerprint density at radius 1 is 1.33 bits per heavy atom. The van der Waals surface area contributed by atoms with Gasteiger partial charge < -0.3 is 9.88 Å². The molecule has 0 bridgehead atoms. The molecule has 2 aromatic rings. The van der Waals surface area contributed by atoms with Crippen LogP contribution < -0.4 is 10.0 Å². The fourth-order valence-corrected chi connectivity index (χ4v) is 3.35. The number of benzene rings is 1. The van der Waals surface area contributed by atoms with E-state index in [1.165, 1.54) is 18.3 Å². The standard InChI is InChI=1S/C13H15BrFN3O2S/c1-16-7-10-6-11(8-18(10)2)21(19,20)17-13-4-3-9(14)5-12(13)15/h3-6,8,16-17H,7H2,1-2H3. The number of nitrogens with one attached hydrogen (secondary N) is 2. The predicted molar refractivity (Wildman–Crippen MR) is 83.1 cm³/mol. The summed E-state index contributed by atoms with van der Waals surface area (Å²) in [6.45, 7) is 0.540. The number of sulfonamides is 1. The quantitative estimate of drug-likeness (QED) is 0.843. The molecule has 0 saturated heterocycles. The number of rotatable bonds is 5. The zero-order valence-electron chi connectivity index (χ0n) is 11.5. The van der Waals surface area contributed by atoms with Gasteiger partial charge in [-0.2, -0.15) is 0 Å². The first kappa shape index (κ1) is 16.0. The van der Waals surface area contributed by atoms with Crippen molar-refractivity contribution in [3.8, 4) is 0 Å². The van der Waals surface area contributed by atoms with Crippen LogP contribution in [0.3, 0.4) is 0 Å². The minimum absolute atomic E-state index is 0.0859. The molecule has 114 valence electrons. The number of halogens is 2. The fourth-order valence-electron chi connectivity index (χ4n) is 1.86. The molecule has 0 radical (unpaired) electrons. The van der Waals surface area contributed by atoms with Crippen LogP contribution in [0.25, 0.3) is 0 Å². The lowest BCUT2D eigenvalue weighted by Crippen LogP contribution is -2.13. The van der Waals surface area contributed by atoms with Crippen LogP contribution in [0.15, 0.2) is 39.8 Å². The first-order chi connectivity index (χ1) is 9.83. The van der Waals surface area contributed by atoms with Gasteiger partial charge in [-0.1, -0.05) is 15.9 Å². The lowest BCUT2D eigenvalue weighted by molar-refractivity contribution is 0.598. The Kier molecular flexibility index (Phi) is 4.70. The van der Waals surface area contributed by atoms with Crippen molar-refractivity contribution < 1.29 is 12.8 Å². The van der Waals surface area contributed by atoms with Gasteiger partial charge in [-0.25, -0.2) is 12.8 Å². The first-order valence-corrected chi connectivity index (χ1v) is 8.39. The smallest absolute Gasteiger partial charge is 0.263 e. The van der Waals surface area contributed by atoms with Crippen LogP contribution >= 0.6 is 15.9 Å². The summed E-state index contributed by atoms with van der Waals surface area (Å²) in [4.78, 5) is 0.0950. The van der Waals surface area contributed by atoms with E-state index in [9.17, 15) is 12.8 Å². The average Bonchev–Trinajstić information content (AvgIpc) is 2.76. The number of hydrogen-bond donors (Lipinski definition) is 2. The van der Waals surface area contributed by atoms with E-state index in [1.54, 1.807) is 30.8 Å². The lowest BCUT2D eigenvalue weighted by Gasteiger charge is -2.07. The Morgan fingerprint density at radius 2 is 2.05 bits per heavy atom. The molecule has 0 aliphatic rings. The molecule has 0 spiro atoms. The maximum atomic E-state index is 13.7. The Hall–Kier alpha value is -1.38. The number of nitrogens with zero attached hydrogens (tertiary/aromatic N) is 1. The van der Waals surface area contributed by atoms with Crippen LogP contribution in [0, 0.1) is 5.82 Å². The molecule has 0 atom stereocenters. The molecule has 0 fully saturated rings. The minimum atomic E-state index is -3.82. The third-order valence-corrected chi connectivity index (χ3v) is 4.75. The van der Waals surface area contributed by atoms with E-state index >= 15 is 0 Å². The largest absolute Gasteiger partial charge is 0.352 e. The molecule has 1 heterocycles. The highest BCUT2D eigenvalue weighted by molar-refractivity contribution is 9.10.